The standard InChI is InChI=1S/C10H17N3O2S2.ClH/c1-8-12-7-10(16-8)17(14,15)13-6-4-9-3-2-5-11-9;/h7,9,11,13H,2-6H2,1H3;1H/t9-;/m1./s1. The minimum absolute atomic E-state index is 0. The molecule has 0 spiro atoms. The summed E-state index contributed by atoms with van der Waals surface area (Å²) in [6.45, 7) is 3.33. The maximum absolute atomic E-state index is 11.9. The molecule has 8 heteroatoms. The van der Waals surface area contributed by atoms with E-state index < -0.39 is 10.0 Å². The normalized spacial score (nSPS) is 19.7. The second kappa shape index (κ2) is 6.81. The Morgan fingerprint density at radius 3 is 2.94 bits per heavy atom. The van der Waals surface area contributed by atoms with Crippen LogP contribution in [-0.4, -0.2) is 32.5 Å². The quantitative estimate of drug-likeness (QED) is 0.859. The van der Waals surface area contributed by atoms with Crippen LogP contribution in [0.25, 0.3) is 0 Å². The van der Waals surface area contributed by atoms with Gasteiger partial charge in [-0.2, -0.15) is 0 Å². The van der Waals surface area contributed by atoms with Crippen LogP contribution in [0.5, 0.6) is 0 Å². The summed E-state index contributed by atoms with van der Waals surface area (Å²) in [6.07, 6.45) is 4.58. The molecule has 0 aromatic carbocycles. The molecule has 2 rings (SSSR count). The molecule has 1 aliphatic heterocycles. The number of thiazole rings is 1. The van der Waals surface area contributed by atoms with Crippen molar-refractivity contribution >= 4 is 33.8 Å². The Morgan fingerprint density at radius 1 is 1.61 bits per heavy atom. The fraction of sp³-hybridized carbons (Fsp3) is 0.700. The molecule has 0 radical (unpaired) electrons. The molecule has 0 unspecified atom stereocenters. The zero-order chi connectivity index (χ0) is 12.3. The van der Waals surface area contributed by atoms with Gasteiger partial charge in [0.1, 0.15) is 0 Å². The Kier molecular flexibility index (Phi) is 6.00. The summed E-state index contributed by atoms with van der Waals surface area (Å²) in [4.78, 5) is 3.96. The highest BCUT2D eigenvalue weighted by Crippen LogP contribution is 2.17. The second-order valence-corrected chi connectivity index (χ2v) is 7.41. The van der Waals surface area contributed by atoms with Gasteiger partial charge in [0.05, 0.1) is 11.2 Å². The number of hydrogen-bond donors (Lipinski definition) is 2. The van der Waals surface area contributed by atoms with E-state index in [0.29, 0.717) is 16.8 Å². The Morgan fingerprint density at radius 2 is 2.39 bits per heavy atom. The van der Waals surface area contributed by atoms with Gasteiger partial charge in [-0.1, -0.05) is 0 Å². The Hall–Kier alpha value is -0.210. The van der Waals surface area contributed by atoms with Crippen LogP contribution >= 0.6 is 23.7 Å². The molecule has 0 bridgehead atoms. The SMILES string of the molecule is Cc1ncc(S(=O)(=O)NCC[C@H]2CCCN2)s1.Cl. The molecule has 1 aromatic rings. The first kappa shape index (κ1) is 15.8. The van der Waals surface area contributed by atoms with E-state index in [2.05, 4.69) is 15.0 Å². The van der Waals surface area contributed by atoms with Crippen molar-refractivity contribution in [3.05, 3.63) is 11.2 Å². The number of rotatable bonds is 5. The molecular weight excluding hydrogens is 294 g/mol. The average molecular weight is 312 g/mol. The van der Waals surface area contributed by atoms with E-state index in [1.807, 2.05) is 0 Å². The molecule has 1 aliphatic rings. The zero-order valence-electron chi connectivity index (χ0n) is 10.2. The van der Waals surface area contributed by atoms with E-state index in [-0.39, 0.29) is 12.4 Å². The molecule has 0 saturated carbocycles. The maximum Gasteiger partial charge on any atom is 0.251 e. The van der Waals surface area contributed by atoms with Crippen molar-refractivity contribution in [2.45, 2.75) is 36.4 Å². The summed E-state index contributed by atoms with van der Waals surface area (Å²) in [7, 11) is -3.35. The van der Waals surface area contributed by atoms with Crippen LogP contribution in [0.15, 0.2) is 10.4 Å². The zero-order valence-corrected chi connectivity index (χ0v) is 12.6. The van der Waals surface area contributed by atoms with E-state index in [1.165, 1.54) is 24.0 Å². The van der Waals surface area contributed by atoms with Gasteiger partial charge in [-0.25, -0.2) is 18.1 Å². The van der Waals surface area contributed by atoms with E-state index in [9.17, 15) is 8.42 Å². The predicted octanol–water partition coefficient (Wildman–Crippen LogP) is 1.29. The number of halogens is 1. The summed E-state index contributed by atoms with van der Waals surface area (Å²) in [5.41, 5.74) is 0. The summed E-state index contributed by atoms with van der Waals surface area (Å²) in [5, 5.41) is 4.11. The smallest absolute Gasteiger partial charge is 0.251 e. The first-order valence-corrected chi connectivity index (χ1v) is 8.03. The average Bonchev–Trinajstić information content (AvgIpc) is 2.89. The Balaban J connectivity index is 0.00000162. The summed E-state index contributed by atoms with van der Waals surface area (Å²) in [6, 6.07) is 0.459. The van der Waals surface area contributed by atoms with Crippen LogP contribution in [0, 0.1) is 6.92 Å². The van der Waals surface area contributed by atoms with Crippen molar-refractivity contribution in [1.29, 1.82) is 0 Å². The van der Waals surface area contributed by atoms with Crippen molar-refractivity contribution in [1.82, 2.24) is 15.0 Å². The molecule has 0 aliphatic carbocycles. The lowest BCUT2D eigenvalue weighted by Gasteiger charge is -2.10. The van der Waals surface area contributed by atoms with E-state index >= 15 is 0 Å². The maximum atomic E-state index is 11.9. The molecule has 1 fully saturated rings. The van der Waals surface area contributed by atoms with E-state index in [0.717, 1.165) is 24.4 Å². The number of sulfonamides is 1. The minimum atomic E-state index is -3.35. The molecule has 2 N–H and O–H groups in total. The minimum Gasteiger partial charge on any atom is -0.314 e. The third-order valence-electron chi connectivity index (χ3n) is 2.81. The summed E-state index contributed by atoms with van der Waals surface area (Å²) in [5.74, 6) is 0. The van der Waals surface area contributed by atoms with Crippen molar-refractivity contribution in [3.8, 4) is 0 Å². The Bertz CT molecular complexity index is 469. The third-order valence-corrected chi connectivity index (χ3v) is 5.65. The first-order valence-electron chi connectivity index (χ1n) is 5.73. The van der Waals surface area contributed by atoms with Gasteiger partial charge in [0, 0.05) is 12.6 Å². The van der Waals surface area contributed by atoms with E-state index in [1.54, 1.807) is 6.92 Å². The lowest BCUT2D eigenvalue weighted by molar-refractivity contribution is 0.540. The molecule has 18 heavy (non-hydrogen) atoms. The first-order chi connectivity index (χ1) is 8.08. The molecule has 2 heterocycles. The van der Waals surface area contributed by atoms with Gasteiger partial charge in [-0.05, 0) is 32.7 Å². The fourth-order valence-corrected chi connectivity index (χ4v) is 4.11. The van der Waals surface area contributed by atoms with Crippen molar-refractivity contribution < 1.29 is 8.42 Å². The molecule has 1 aromatic heterocycles. The van der Waals surface area contributed by atoms with Gasteiger partial charge < -0.3 is 5.32 Å². The van der Waals surface area contributed by atoms with Gasteiger partial charge in [0.2, 0.25) is 0 Å². The number of nitrogens with zero attached hydrogens (tertiary/aromatic N) is 1. The van der Waals surface area contributed by atoms with Gasteiger partial charge >= 0.3 is 0 Å². The topological polar surface area (TPSA) is 71.1 Å². The Labute approximate surface area is 118 Å². The highest BCUT2D eigenvalue weighted by molar-refractivity contribution is 7.91. The van der Waals surface area contributed by atoms with Crippen LogP contribution in [0.1, 0.15) is 24.3 Å². The third kappa shape index (κ3) is 4.17. The lowest BCUT2D eigenvalue weighted by Crippen LogP contribution is -2.30. The predicted molar refractivity (Wildman–Crippen MR) is 74.9 cm³/mol. The number of aryl methyl sites for hydroxylation is 1. The van der Waals surface area contributed by atoms with Gasteiger partial charge in [-0.15, -0.1) is 23.7 Å². The van der Waals surface area contributed by atoms with Crippen molar-refractivity contribution in [2.75, 3.05) is 13.1 Å². The highest BCUT2D eigenvalue weighted by Gasteiger charge is 2.18. The van der Waals surface area contributed by atoms with Crippen molar-refractivity contribution in [3.63, 3.8) is 0 Å². The van der Waals surface area contributed by atoms with Gasteiger partial charge in [0.25, 0.3) is 10.0 Å². The lowest BCUT2D eigenvalue weighted by atomic mass is 10.2. The van der Waals surface area contributed by atoms with Crippen LogP contribution in [0.4, 0.5) is 0 Å². The van der Waals surface area contributed by atoms with Crippen LogP contribution in [0.2, 0.25) is 0 Å². The van der Waals surface area contributed by atoms with Crippen molar-refractivity contribution in [2.24, 2.45) is 0 Å². The molecule has 5 nitrogen and oxygen atoms in total. The molecule has 104 valence electrons. The van der Waals surface area contributed by atoms with Crippen LogP contribution in [-0.2, 0) is 10.0 Å². The van der Waals surface area contributed by atoms with Gasteiger partial charge in [-0.3, -0.25) is 0 Å². The largest absolute Gasteiger partial charge is 0.314 e. The van der Waals surface area contributed by atoms with Crippen LogP contribution in [0.3, 0.4) is 0 Å². The fourth-order valence-electron chi connectivity index (χ4n) is 1.91. The number of hydrogen-bond acceptors (Lipinski definition) is 5. The van der Waals surface area contributed by atoms with Gasteiger partial charge in [0.15, 0.2) is 4.21 Å². The van der Waals surface area contributed by atoms with E-state index in [4.69, 9.17) is 0 Å². The summed E-state index contributed by atoms with van der Waals surface area (Å²) < 4.78 is 26.6. The molecule has 1 atom stereocenters. The second-order valence-electron chi connectivity index (χ2n) is 4.18. The van der Waals surface area contributed by atoms with Crippen LogP contribution < -0.4 is 10.0 Å². The summed E-state index contributed by atoms with van der Waals surface area (Å²) >= 11 is 1.20. The number of aromatic nitrogens is 1. The number of nitrogens with one attached hydrogen (secondary N) is 2. The molecule has 1 saturated heterocycles. The highest BCUT2D eigenvalue weighted by atomic mass is 35.5. The molecule has 0 amide bonds. The molecular formula is C10H18ClN3O2S2. The monoisotopic (exact) mass is 311 g/mol.